The molecule has 0 saturated carbocycles. The number of hydrogen-bond acceptors (Lipinski definition) is 4. The number of carbonyl (C=O) groups excluding carboxylic acids is 2. The highest BCUT2D eigenvalue weighted by Gasteiger charge is 2.43. The van der Waals surface area contributed by atoms with Gasteiger partial charge in [0.15, 0.2) is 0 Å². The number of benzene rings is 1. The van der Waals surface area contributed by atoms with Gasteiger partial charge in [-0.3, -0.25) is 9.59 Å². The van der Waals surface area contributed by atoms with Crippen LogP contribution in [0.2, 0.25) is 0 Å². The molecule has 4 rings (SSSR count). The van der Waals surface area contributed by atoms with Gasteiger partial charge >= 0.3 is 0 Å². The van der Waals surface area contributed by atoms with Crippen molar-refractivity contribution in [2.45, 2.75) is 44.7 Å². The van der Waals surface area contributed by atoms with Crippen molar-refractivity contribution in [2.75, 3.05) is 32.1 Å². The number of aryl methyl sites for hydroxylation is 1. The second-order valence-corrected chi connectivity index (χ2v) is 9.67. The first-order valence-corrected chi connectivity index (χ1v) is 11.7. The second kappa shape index (κ2) is 8.90. The summed E-state index contributed by atoms with van der Waals surface area (Å²) in [5.74, 6) is 0.0584. The van der Waals surface area contributed by atoms with Gasteiger partial charge in [-0.05, 0) is 69.9 Å². The Bertz CT molecular complexity index is 872. The lowest BCUT2D eigenvalue weighted by Gasteiger charge is -2.43. The fourth-order valence-electron chi connectivity index (χ4n) is 4.77. The first kappa shape index (κ1) is 21.1. The van der Waals surface area contributed by atoms with Gasteiger partial charge in [0.25, 0.3) is 0 Å². The van der Waals surface area contributed by atoms with Crippen molar-refractivity contribution in [1.29, 1.82) is 0 Å². The Kier molecular flexibility index (Phi) is 6.25. The number of rotatable bonds is 4. The number of thiophene rings is 1. The van der Waals surface area contributed by atoms with Crippen molar-refractivity contribution in [1.82, 2.24) is 9.80 Å². The molecular weight excluding hydrogens is 394 g/mol. The Morgan fingerprint density at radius 2 is 1.80 bits per heavy atom. The summed E-state index contributed by atoms with van der Waals surface area (Å²) in [5, 5.41) is 2.03. The van der Waals surface area contributed by atoms with Gasteiger partial charge in [0.2, 0.25) is 11.8 Å². The third-order valence-corrected chi connectivity index (χ3v) is 7.59. The zero-order valence-electron chi connectivity index (χ0n) is 18.1. The zero-order valence-corrected chi connectivity index (χ0v) is 18.9. The summed E-state index contributed by atoms with van der Waals surface area (Å²) < 4.78 is 0. The van der Waals surface area contributed by atoms with Crippen LogP contribution in [0.5, 0.6) is 0 Å². The molecule has 0 spiro atoms. The molecule has 1 aromatic carbocycles. The Hall–Kier alpha value is -2.18. The van der Waals surface area contributed by atoms with E-state index in [1.807, 2.05) is 59.5 Å². The van der Waals surface area contributed by atoms with Crippen molar-refractivity contribution in [3.05, 3.63) is 52.2 Å². The van der Waals surface area contributed by atoms with Crippen LogP contribution in [0.4, 0.5) is 5.69 Å². The molecule has 2 saturated heterocycles. The van der Waals surface area contributed by atoms with E-state index in [4.69, 9.17) is 0 Å². The van der Waals surface area contributed by atoms with E-state index in [1.54, 1.807) is 11.3 Å². The molecule has 3 heterocycles. The molecule has 2 fully saturated rings. The molecule has 2 atom stereocenters. The number of hydrogen-bond donors (Lipinski definition) is 0. The van der Waals surface area contributed by atoms with Crippen LogP contribution in [0.15, 0.2) is 41.8 Å². The maximum absolute atomic E-state index is 13.7. The van der Waals surface area contributed by atoms with E-state index in [2.05, 4.69) is 18.0 Å². The fraction of sp³-hybridized carbons (Fsp3) is 0.500. The molecule has 1 aromatic heterocycles. The van der Waals surface area contributed by atoms with Gasteiger partial charge in [0.05, 0.1) is 12.0 Å². The Morgan fingerprint density at radius 1 is 1.10 bits per heavy atom. The lowest BCUT2D eigenvalue weighted by atomic mass is 9.85. The molecule has 2 unspecified atom stereocenters. The lowest BCUT2D eigenvalue weighted by Crippen LogP contribution is -2.52. The van der Waals surface area contributed by atoms with Crippen LogP contribution in [-0.4, -0.2) is 54.8 Å². The zero-order chi connectivity index (χ0) is 21.3. The number of amides is 2. The van der Waals surface area contributed by atoms with Gasteiger partial charge in [-0.2, -0.15) is 0 Å². The minimum absolute atomic E-state index is 0.100. The molecule has 2 aromatic rings. The van der Waals surface area contributed by atoms with Gasteiger partial charge in [-0.15, -0.1) is 11.3 Å². The minimum atomic E-state index is -0.241. The maximum Gasteiger partial charge on any atom is 0.228 e. The summed E-state index contributed by atoms with van der Waals surface area (Å²) in [5.41, 5.74) is 2.04. The molecule has 2 amide bonds. The number of likely N-dealkylation sites (tertiary alicyclic amines) is 1. The number of nitrogens with zero attached hydrogens (tertiary/aromatic N) is 3. The smallest absolute Gasteiger partial charge is 0.228 e. The van der Waals surface area contributed by atoms with Gasteiger partial charge in [-0.25, -0.2) is 0 Å². The highest BCUT2D eigenvalue weighted by atomic mass is 32.1. The molecule has 30 heavy (non-hydrogen) atoms. The van der Waals surface area contributed by atoms with Crippen molar-refractivity contribution in [2.24, 2.45) is 5.92 Å². The SMILES string of the molecule is Cc1ccc(N2C(=O)CCC(C(=O)N(C)C3CCN(C)CC3)C2c2cccs2)cc1. The molecule has 0 radical (unpaired) electrons. The van der Waals surface area contributed by atoms with Crippen molar-refractivity contribution >= 4 is 28.8 Å². The van der Waals surface area contributed by atoms with Crippen LogP contribution in [0, 0.1) is 12.8 Å². The van der Waals surface area contributed by atoms with E-state index in [0.29, 0.717) is 12.8 Å². The average molecular weight is 426 g/mol. The molecule has 2 aliphatic rings. The Morgan fingerprint density at radius 3 is 2.43 bits per heavy atom. The number of carbonyl (C=O) groups is 2. The highest BCUT2D eigenvalue weighted by molar-refractivity contribution is 7.10. The average Bonchev–Trinajstić information content (AvgIpc) is 3.28. The molecular formula is C24H31N3O2S. The van der Waals surface area contributed by atoms with Gasteiger partial charge in [0, 0.05) is 30.1 Å². The van der Waals surface area contributed by atoms with Crippen molar-refractivity contribution in [3.63, 3.8) is 0 Å². The third kappa shape index (κ3) is 4.16. The molecule has 2 aliphatic heterocycles. The monoisotopic (exact) mass is 425 g/mol. The fourth-order valence-corrected chi connectivity index (χ4v) is 5.65. The van der Waals surface area contributed by atoms with Crippen LogP contribution in [0.1, 0.15) is 42.2 Å². The van der Waals surface area contributed by atoms with E-state index in [9.17, 15) is 9.59 Å². The van der Waals surface area contributed by atoms with Crippen LogP contribution < -0.4 is 4.90 Å². The molecule has 0 aliphatic carbocycles. The predicted octanol–water partition coefficient (Wildman–Crippen LogP) is 4.09. The first-order valence-electron chi connectivity index (χ1n) is 10.8. The quantitative estimate of drug-likeness (QED) is 0.741. The van der Waals surface area contributed by atoms with E-state index in [-0.39, 0.29) is 29.8 Å². The summed E-state index contributed by atoms with van der Waals surface area (Å²) in [6.45, 7) is 4.09. The summed E-state index contributed by atoms with van der Waals surface area (Å²) in [6.07, 6.45) is 3.04. The van der Waals surface area contributed by atoms with Crippen LogP contribution in [0.3, 0.4) is 0 Å². The molecule has 0 bridgehead atoms. The minimum Gasteiger partial charge on any atom is -0.342 e. The number of anilines is 1. The number of piperidine rings is 2. The van der Waals surface area contributed by atoms with Crippen LogP contribution >= 0.6 is 11.3 Å². The van der Waals surface area contributed by atoms with E-state index < -0.39 is 0 Å². The van der Waals surface area contributed by atoms with Crippen LogP contribution in [-0.2, 0) is 9.59 Å². The van der Waals surface area contributed by atoms with Gasteiger partial charge in [0.1, 0.15) is 0 Å². The highest BCUT2D eigenvalue weighted by Crippen LogP contribution is 2.42. The second-order valence-electron chi connectivity index (χ2n) is 8.69. The van der Waals surface area contributed by atoms with E-state index in [0.717, 1.165) is 42.1 Å². The predicted molar refractivity (Wildman–Crippen MR) is 122 cm³/mol. The Balaban J connectivity index is 1.65. The van der Waals surface area contributed by atoms with Gasteiger partial charge < -0.3 is 14.7 Å². The molecule has 5 nitrogen and oxygen atoms in total. The molecule has 160 valence electrons. The largest absolute Gasteiger partial charge is 0.342 e. The lowest BCUT2D eigenvalue weighted by molar-refractivity contribution is -0.139. The summed E-state index contributed by atoms with van der Waals surface area (Å²) >= 11 is 1.63. The summed E-state index contributed by atoms with van der Waals surface area (Å²) in [6, 6.07) is 12.2. The normalized spacial score (nSPS) is 23.6. The van der Waals surface area contributed by atoms with Crippen molar-refractivity contribution < 1.29 is 9.59 Å². The van der Waals surface area contributed by atoms with Crippen LogP contribution in [0.25, 0.3) is 0 Å². The van der Waals surface area contributed by atoms with E-state index in [1.165, 1.54) is 0 Å². The summed E-state index contributed by atoms with van der Waals surface area (Å²) in [4.78, 5) is 34.0. The van der Waals surface area contributed by atoms with E-state index >= 15 is 0 Å². The topological polar surface area (TPSA) is 43.9 Å². The molecule has 0 N–H and O–H groups in total. The Labute approximate surface area is 183 Å². The summed E-state index contributed by atoms with van der Waals surface area (Å²) in [7, 11) is 4.09. The molecule has 6 heteroatoms. The first-order chi connectivity index (χ1) is 14.5. The third-order valence-electron chi connectivity index (χ3n) is 6.64. The standard InChI is InChI=1S/C24H31N3O2S/c1-17-6-8-19(9-7-17)27-22(28)11-10-20(23(27)21-5-4-16-30-21)24(29)26(3)18-12-14-25(2)15-13-18/h4-9,16,18,20,23H,10-15H2,1-3H3. The maximum atomic E-state index is 13.7. The van der Waals surface area contributed by atoms with Crippen molar-refractivity contribution in [3.8, 4) is 0 Å². The van der Waals surface area contributed by atoms with Gasteiger partial charge in [-0.1, -0.05) is 23.8 Å².